The first-order chi connectivity index (χ1) is 15.3. The SMILES string of the molecule is C[C@@H](COc1ccc2c(c1)OCO2)NC(=O)Cn1nnc(-c2ccc(C(F)(F)F)cc2)n1. The number of halogens is 3. The minimum absolute atomic E-state index is 0.116. The van der Waals surface area contributed by atoms with Crippen molar-refractivity contribution in [3.05, 3.63) is 48.0 Å². The molecule has 0 fully saturated rings. The Morgan fingerprint density at radius 2 is 1.94 bits per heavy atom. The maximum atomic E-state index is 12.7. The van der Waals surface area contributed by atoms with Crippen LogP contribution in [0.3, 0.4) is 0 Å². The number of nitrogens with zero attached hydrogens (tertiary/aromatic N) is 4. The lowest BCUT2D eigenvalue weighted by Crippen LogP contribution is -2.39. The lowest BCUT2D eigenvalue weighted by molar-refractivity contribution is -0.137. The fourth-order valence-electron chi connectivity index (χ4n) is 2.91. The molecule has 0 bridgehead atoms. The summed E-state index contributed by atoms with van der Waals surface area (Å²) in [5.74, 6) is 1.57. The predicted octanol–water partition coefficient (Wildman–Crippen LogP) is 2.67. The Morgan fingerprint density at radius 1 is 1.19 bits per heavy atom. The van der Waals surface area contributed by atoms with E-state index in [1.807, 2.05) is 0 Å². The zero-order chi connectivity index (χ0) is 22.7. The van der Waals surface area contributed by atoms with E-state index in [2.05, 4.69) is 20.7 Å². The molecule has 9 nitrogen and oxygen atoms in total. The van der Waals surface area contributed by atoms with Gasteiger partial charge in [0.2, 0.25) is 18.5 Å². The Morgan fingerprint density at radius 3 is 2.69 bits per heavy atom. The number of rotatable bonds is 7. The monoisotopic (exact) mass is 449 g/mol. The molecule has 1 aromatic heterocycles. The number of hydrogen-bond acceptors (Lipinski definition) is 7. The highest BCUT2D eigenvalue weighted by atomic mass is 19.4. The average molecular weight is 449 g/mol. The number of alkyl halides is 3. The third-order valence-corrected chi connectivity index (χ3v) is 4.46. The van der Waals surface area contributed by atoms with E-state index in [1.54, 1.807) is 25.1 Å². The van der Waals surface area contributed by atoms with Crippen molar-refractivity contribution in [2.75, 3.05) is 13.4 Å². The highest BCUT2D eigenvalue weighted by Crippen LogP contribution is 2.35. The summed E-state index contributed by atoms with van der Waals surface area (Å²) in [5, 5.41) is 14.4. The molecule has 12 heteroatoms. The molecule has 0 spiro atoms. The largest absolute Gasteiger partial charge is 0.491 e. The lowest BCUT2D eigenvalue weighted by atomic mass is 10.1. The maximum absolute atomic E-state index is 12.7. The fraction of sp³-hybridized carbons (Fsp3) is 0.300. The molecule has 4 rings (SSSR count). The molecule has 0 saturated carbocycles. The molecule has 1 N–H and O–H groups in total. The second kappa shape index (κ2) is 8.73. The van der Waals surface area contributed by atoms with Gasteiger partial charge in [-0.3, -0.25) is 4.79 Å². The van der Waals surface area contributed by atoms with E-state index in [-0.39, 0.29) is 37.7 Å². The number of ether oxygens (including phenoxy) is 3. The van der Waals surface area contributed by atoms with Gasteiger partial charge in [-0.1, -0.05) is 12.1 Å². The van der Waals surface area contributed by atoms with Crippen molar-refractivity contribution in [3.8, 4) is 28.6 Å². The highest BCUT2D eigenvalue weighted by Gasteiger charge is 2.30. The summed E-state index contributed by atoms with van der Waals surface area (Å²) in [7, 11) is 0. The minimum Gasteiger partial charge on any atom is -0.491 e. The van der Waals surface area contributed by atoms with Gasteiger partial charge in [0.25, 0.3) is 0 Å². The molecule has 168 valence electrons. The Labute approximate surface area is 180 Å². The van der Waals surface area contributed by atoms with Crippen LogP contribution in [0.1, 0.15) is 12.5 Å². The summed E-state index contributed by atoms with van der Waals surface area (Å²) in [6, 6.07) is 9.24. The molecule has 3 aromatic rings. The van der Waals surface area contributed by atoms with Gasteiger partial charge in [0.05, 0.1) is 11.6 Å². The average Bonchev–Trinajstić information content (AvgIpc) is 3.40. The summed E-state index contributed by atoms with van der Waals surface area (Å²) >= 11 is 0. The van der Waals surface area contributed by atoms with Crippen molar-refractivity contribution in [2.45, 2.75) is 25.7 Å². The summed E-state index contributed by atoms with van der Waals surface area (Å²) in [6.45, 7) is 1.95. The second-order valence-corrected chi connectivity index (χ2v) is 7.01. The Hall–Kier alpha value is -3.83. The molecule has 0 saturated heterocycles. The van der Waals surface area contributed by atoms with E-state index < -0.39 is 11.7 Å². The predicted molar refractivity (Wildman–Crippen MR) is 104 cm³/mol. The van der Waals surface area contributed by atoms with Gasteiger partial charge in [-0.2, -0.15) is 18.0 Å². The van der Waals surface area contributed by atoms with Gasteiger partial charge >= 0.3 is 6.18 Å². The van der Waals surface area contributed by atoms with Crippen LogP contribution < -0.4 is 19.5 Å². The van der Waals surface area contributed by atoms with Gasteiger partial charge in [0, 0.05) is 11.6 Å². The molecule has 1 aliphatic heterocycles. The van der Waals surface area contributed by atoms with Gasteiger partial charge in [-0.15, -0.1) is 10.2 Å². The molecule has 0 unspecified atom stereocenters. The van der Waals surface area contributed by atoms with Gasteiger partial charge in [0.15, 0.2) is 11.5 Å². The summed E-state index contributed by atoms with van der Waals surface area (Å²) in [5.41, 5.74) is -0.417. The number of carbonyl (C=O) groups is 1. The van der Waals surface area contributed by atoms with Crippen LogP contribution in [0.15, 0.2) is 42.5 Å². The van der Waals surface area contributed by atoms with Gasteiger partial charge in [0.1, 0.15) is 18.9 Å². The van der Waals surface area contributed by atoms with Crippen LogP contribution in [0, 0.1) is 0 Å². The van der Waals surface area contributed by atoms with Crippen LogP contribution in [-0.4, -0.2) is 45.6 Å². The first-order valence-electron chi connectivity index (χ1n) is 9.55. The number of nitrogens with one attached hydrogen (secondary N) is 1. The molecule has 1 aliphatic rings. The van der Waals surface area contributed by atoms with Crippen molar-refractivity contribution >= 4 is 5.91 Å². The number of aromatic nitrogens is 4. The number of tetrazole rings is 1. The molecular weight excluding hydrogens is 431 g/mol. The second-order valence-electron chi connectivity index (χ2n) is 7.01. The van der Waals surface area contributed by atoms with Gasteiger partial charge < -0.3 is 19.5 Å². The van der Waals surface area contributed by atoms with Crippen molar-refractivity contribution < 1.29 is 32.2 Å². The van der Waals surface area contributed by atoms with Crippen molar-refractivity contribution in [3.63, 3.8) is 0 Å². The Bertz CT molecular complexity index is 1100. The molecule has 2 aromatic carbocycles. The smallest absolute Gasteiger partial charge is 0.416 e. The van der Waals surface area contributed by atoms with E-state index in [9.17, 15) is 18.0 Å². The minimum atomic E-state index is -4.43. The van der Waals surface area contributed by atoms with Crippen LogP contribution in [0.5, 0.6) is 17.2 Å². The molecule has 1 atom stereocenters. The van der Waals surface area contributed by atoms with E-state index >= 15 is 0 Å². The van der Waals surface area contributed by atoms with E-state index in [0.717, 1.165) is 16.9 Å². The molecule has 0 radical (unpaired) electrons. The van der Waals surface area contributed by atoms with Crippen LogP contribution >= 0.6 is 0 Å². The van der Waals surface area contributed by atoms with Gasteiger partial charge in [-0.05, 0) is 36.4 Å². The van der Waals surface area contributed by atoms with E-state index in [1.165, 1.54) is 12.1 Å². The maximum Gasteiger partial charge on any atom is 0.416 e. The van der Waals surface area contributed by atoms with Crippen molar-refractivity contribution in [1.29, 1.82) is 0 Å². The lowest BCUT2D eigenvalue weighted by Gasteiger charge is -2.15. The third-order valence-electron chi connectivity index (χ3n) is 4.46. The quantitative estimate of drug-likeness (QED) is 0.592. The molecule has 2 heterocycles. The Balaban J connectivity index is 1.27. The normalized spacial score (nSPS) is 13.6. The van der Waals surface area contributed by atoms with Crippen LogP contribution in [0.2, 0.25) is 0 Å². The topological polar surface area (TPSA) is 100 Å². The molecular formula is C20H18F3N5O4. The summed E-state index contributed by atoms with van der Waals surface area (Å²) in [4.78, 5) is 13.3. The summed E-state index contributed by atoms with van der Waals surface area (Å²) in [6.07, 6.45) is -4.43. The summed E-state index contributed by atoms with van der Waals surface area (Å²) < 4.78 is 54.2. The highest BCUT2D eigenvalue weighted by molar-refractivity contribution is 5.75. The van der Waals surface area contributed by atoms with Crippen LogP contribution in [-0.2, 0) is 17.5 Å². The first kappa shape index (κ1) is 21.4. The van der Waals surface area contributed by atoms with Crippen LogP contribution in [0.4, 0.5) is 13.2 Å². The first-order valence-corrected chi connectivity index (χ1v) is 9.55. The zero-order valence-electron chi connectivity index (χ0n) is 16.8. The number of fused-ring (bicyclic) bond motifs is 1. The van der Waals surface area contributed by atoms with Gasteiger partial charge in [-0.25, -0.2) is 0 Å². The molecule has 32 heavy (non-hydrogen) atoms. The zero-order valence-corrected chi connectivity index (χ0v) is 16.8. The van der Waals surface area contributed by atoms with E-state index in [0.29, 0.717) is 22.8 Å². The molecule has 0 aliphatic carbocycles. The number of benzene rings is 2. The Kier molecular flexibility index (Phi) is 5.84. The third kappa shape index (κ3) is 5.07. The standard InChI is InChI=1S/C20H18F3N5O4/c1-12(10-30-15-6-7-16-17(8-15)32-11-31-16)24-18(29)9-28-26-19(25-27-28)13-2-4-14(5-3-13)20(21,22)23/h2-8,12H,9-11H2,1H3,(H,24,29)/t12-/m0/s1. The molecule has 1 amide bonds. The number of carbonyl (C=O) groups excluding carboxylic acids is 1. The van der Waals surface area contributed by atoms with Crippen molar-refractivity contribution in [2.24, 2.45) is 0 Å². The van der Waals surface area contributed by atoms with Crippen molar-refractivity contribution in [1.82, 2.24) is 25.5 Å². The fourth-order valence-corrected chi connectivity index (χ4v) is 2.91. The number of hydrogen-bond donors (Lipinski definition) is 1. The van der Waals surface area contributed by atoms with Crippen LogP contribution in [0.25, 0.3) is 11.4 Å². The van der Waals surface area contributed by atoms with E-state index in [4.69, 9.17) is 14.2 Å². The number of amides is 1.